The van der Waals surface area contributed by atoms with Crippen molar-refractivity contribution >= 4 is 31.4 Å². The third-order valence-electron chi connectivity index (χ3n) is 4.33. The van der Waals surface area contributed by atoms with Gasteiger partial charge in [0.25, 0.3) is 10.0 Å². The quantitative estimate of drug-likeness (QED) is 0.688. The molecule has 0 aliphatic carbocycles. The highest BCUT2D eigenvalue weighted by Gasteiger charge is 2.40. The van der Waals surface area contributed by atoms with Gasteiger partial charge in [0.1, 0.15) is 8.42 Å². The number of morpholine rings is 1. The number of fused-ring (bicyclic) bond motifs is 1. The fraction of sp³-hybridized carbons (Fsp3) is 0.692. The van der Waals surface area contributed by atoms with Crippen LogP contribution in [0.5, 0.6) is 0 Å². The number of hydrogen-bond donors (Lipinski definition) is 1. The summed E-state index contributed by atoms with van der Waals surface area (Å²) in [6, 6.07) is 1.31. The van der Waals surface area contributed by atoms with Crippen LogP contribution in [0, 0.1) is 0 Å². The molecule has 3 rings (SSSR count). The zero-order valence-corrected chi connectivity index (χ0v) is 16.2. The van der Waals surface area contributed by atoms with Crippen LogP contribution < -0.4 is 5.14 Å². The number of primary sulfonamides is 1. The normalized spacial score (nSPS) is 25.0. The molecule has 2 N–H and O–H groups in total. The van der Waals surface area contributed by atoms with E-state index >= 15 is 0 Å². The Morgan fingerprint density at radius 1 is 1.36 bits per heavy atom. The lowest BCUT2D eigenvalue weighted by atomic mass is 10.2. The van der Waals surface area contributed by atoms with Gasteiger partial charge in [-0.2, -0.15) is 4.31 Å². The Hall–Kier alpha value is -0.600. The van der Waals surface area contributed by atoms with Crippen LogP contribution in [0.25, 0.3) is 0 Å². The summed E-state index contributed by atoms with van der Waals surface area (Å²) in [5.74, 6) is 0. The van der Waals surface area contributed by atoms with Crippen LogP contribution in [0.4, 0.5) is 0 Å². The average Bonchev–Trinajstić information content (AvgIpc) is 3.02. The SMILES string of the molecule is COC1CN(CCN2CCOCC2)S(=O)(=O)c2sc(S(N)(=O)=O)cc21. The molecule has 12 heteroatoms. The van der Waals surface area contributed by atoms with Crippen LogP contribution in [-0.4, -0.2) is 79.1 Å². The Kier molecular flexibility index (Phi) is 5.52. The molecule has 3 heterocycles. The maximum atomic E-state index is 12.9. The van der Waals surface area contributed by atoms with E-state index in [9.17, 15) is 16.8 Å². The van der Waals surface area contributed by atoms with Gasteiger partial charge in [-0.15, -0.1) is 11.3 Å². The molecule has 1 unspecified atom stereocenters. The molecule has 142 valence electrons. The van der Waals surface area contributed by atoms with Crippen molar-refractivity contribution in [1.82, 2.24) is 9.21 Å². The highest BCUT2D eigenvalue weighted by Crippen LogP contribution is 2.40. The van der Waals surface area contributed by atoms with Crippen LogP contribution in [0.15, 0.2) is 14.5 Å². The summed E-state index contributed by atoms with van der Waals surface area (Å²) in [7, 11) is -6.27. The summed E-state index contributed by atoms with van der Waals surface area (Å²) in [4.78, 5) is 2.14. The molecule has 0 amide bonds. The van der Waals surface area contributed by atoms with Crippen molar-refractivity contribution in [1.29, 1.82) is 0 Å². The van der Waals surface area contributed by atoms with Crippen LogP contribution in [-0.2, 0) is 29.5 Å². The summed E-state index contributed by atoms with van der Waals surface area (Å²) in [5.41, 5.74) is 0.360. The molecular formula is C13H21N3O6S3. The zero-order valence-electron chi connectivity index (χ0n) is 13.8. The third kappa shape index (κ3) is 3.90. The maximum absolute atomic E-state index is 12.9. The Balaban J connectivity index is 1.86. The average molecular weight is 412 g/mol. The lowest BCUT2D eigenvalue weighted by Gasteiger charge is -2.33. The minimum absolute atomic E-state index is 0.00315. The second kappa shape index (κ2) is 7.19. The Labute approximate surface area is 151 Å². The van der Waals surface area contributed by atoms with Gasteiger partial charge >= 0.3 is 0 Å². The predicted octanol–water partition coefficient (Wildman–Crippen LogP) is -0.580. The van der Waals surface area contributed by atoms with Crippen molar-refractivity contribution in [3.05, 3.63) is 11.6 Å². The monoisotopic (exact) mass is 411 g/mol. The van der Waals surface area contributed by atoms with E-state index in [-0.39, 0.29) is 15.0 Å². The lowest BCUT2D eigenvalue weighted by Crippen LogP contribution is -2.45. The minimum atomic E-state index is -3.97. The highest BCUT2D eigenvalue weighted by molar-refractivity contribution is 7.94. The topological polar surface area (TPSA) is 119 Å². The van der Waals surface area contributed by atoms with E-state index in [0.717, 1.165) is 13.1 Å². The molecule has 1 aromatic rings. The predicted molar refractivity (Wildman–Crippen MR) is 91.5 cm³/mol. The molecule has 25 heavy (non-hydrogen) atoms. The van der Waals surface area contributed by atoms with Crippen LogP contribution in [0.3, 0.4) is 0 Å². The number of methoxy groups -OCH3 is 1. The summed E-state index contributed by atoms with van der Waals surface area (Å²) in [5, 5.41) is 5.15. The molecule has 0 aromatic carbocycles. The Bertz CT molecular complexity index is 829. The number of nitrogens with two attached hydrogens (primary N) is 1. The number of nitrogens with zero attached hydrogens (tertiary/aromatic N) is 2. The fourth-order valence-electron chi connectivity index (χ4n) is 2.92. The summed E-state index contributed by atoms with van der Waals surface area (Å²) < 4.78 is 60.8. The first-order chi connectivity index (χ1) is 11.7. The molecule has 2 aliphatic heterocycles. The fourth-order valence-corrected chi connectivity index (χ4v) is 7.15. The summed E-state index contributed by atoms with van der Waals surface area (Å²) in [6.45, 7) is 3.85. The Morgan fingerprint density at radius 3 is 2.64 bits per heavy atom. The van der Waals surface area contributed by atoms with Crippen molar-refractivity contribution in [2.24, 2.45) is 5.14 Å². The van der Waals surface area contributed by atoms with Crippen LogP contribution >= 0.6 is 11.3 Å². The molecule has 0 bridgehead atoms. The van der Waals surface area contributed by atoms with E-state index in [1.165, 1.54) is 17.5 Å². The van der Waals surface area contributed by atoms with Gasteiger partial charge in [-0.1, -0.05) is 0 Å². The van der Waals surface area contributed by atoms with E-state index < -0.39 is 26.2 Å². The van der Waals surface area contributed by atoms with Gasteiger partial charge < -0.3 is 9.47 Å². The lowest BCUT2D eigenvalue weighted by molar-refractivity contribution is 0.0326. The van der Waals surface area contributed by atoms with E-state index in [1.807, 2.05) is 0 Å². The van der Waals surface area contributed by atoms with Crippen molar-refractivity contribution < 1.29 is 26.3 Å². The summed E-state index contributed by atoms with van der Waals surface area (Å²) >= 11 is 0.677. The number of rotatable bonds is 5. The number of ether oxygens (including phenoxy) is 2. The van der Waals surface area contributed by atoms with Crippen LogP contribution in [0.2, 0.25) is 0 Å². The van der Waals surface area contributed by atoms with Gasteiger partial charge in [-0.05, 0) is 6.07 Å². The van der Waals surface area contributed by atoms with Crippen LogP contribution in [0.1, 0.15) is 11.7 Å². The molecule has 1 aromatic heterocycles. The van der Waals surface area contributed by atoms with Gasteiger partial charge in [-0.25, -0.2) is 22.0 Å². The summed E-state index contributed by atoms with van der Waals surface area (Å²) in [6.07, 6.45) is -0.519. The van der Waals surface area contributed by atoms with Crippen molar-refractivity contribution in [2.45, 2.75) is 14.5 Å². The number of thiophene rings is 1. The molecule has 0 spiro atoms. The standard InChI is InChI=1S/C13H21N3O6S3/c1-21-11-9-16(3-2-15-4-6-22-7-5-15)25(19,20)13-10(11)8-12(23-13)24(14,17)18/h8,11H,2-7,9H2,1H3,(H2,14,17,18). The van der Waals surface area contributed by atoms with E-state index in [4.69, 9.17) is 14.6 Å². The van der Waals surface area contributed by atoms with Crippen molar-refractivity contribution in [2.75, 3.05) is 53.0 Å². The van der Waals surface area contributed by atoms with E-state index in [1.54, 1.807) is 0 Å². The van der Waals surface area contributed by atoms with Crippen molar-refractivity contribution in [3.63, 3.8) is 0 Å². The molecule has 1 fully saturated rings. The van der Waals surface area contributed by atoms with Crippen molar-refractivity contribution in [3.8, 4) is 0 Å². The molecule has 2 aliphatic rings. The van der Waals surface area contributed by atoms with Gasteiger partial charge in [0, 0.05) is 45.4 Å². The minimum Gasteiger partial charge on any atom is -0.379 e. The molecular weight excluding hydrogens is 390 g/mol. The van der Waals surface area contributed by atoms with Gasteiger partial charge in [-0.3, -0.25) is 4.90 Å². The molecule has 1 saturated heterocycles. The Morgan fingerprint density at radius 2 is 2.04 bits per heavy atom. The first kappa shape index (κ1) is 19.2. The number of hydrogen-bond acceptors (Lipinski definition) is 8. The van der Waals surface area contributed by atoms with Gasteiger partial charge in [0.05, 0.1) is 19.3 Å². The largest absolute Gasteiger partial charge is 0.379 e. The molecule has 0 saturated carbocycles. The maximum Gasteiger partial charge on any atom is 0.253 e. The third-order valence-corrected chi connectivity index (χ3v) is 9.29. The highest BCUT2D eigenvalue weighted by atomic mass is 32.3. The number of sulfonamides is 2. The molecule has 0 radical (unpaired) electrons. The molecule has 1 atom stereocenters. The first-order valence-corrected chi connectivity index (χ1v) is 11.5. The smallest absolute Gasteiger partial charge is 0.253 e. The first-order valence-electron chi connectivity index (χ1n) is 7.73. The zero-order chi connectivity index (χ0) is 18.2. The van der Waals surface area contributed by atoms with E-state index in [2.05, 4.69) is 4.90 Å². The second-order valence-electron chi connectivity index (χ2n) is 5.89. The molecule has 9 nitrogen and oxygen atoms in total. The van der Waals surface area contributed by atoms with E-state index in [0.29, 0.717) is 43.2 Å². The van der Waals surface area contributed by atoms with Gasteiger partial charge in [0.15, 0.2) is 0 Å². The second-order valence-corrected chi connectivity index (χ2v) is 10.9. The van der Waals surface area contributed by atoms with Gasteiger partial charge in [0.2, 0.25) is 10.0 Å².